The van der Waals surface area contributed by atoms with Crippen LogP contribution in [0.2, 0.25) is 0 Å². The van der Waals surface area contributed by atoms with Crippen molar-refractivity contribution < 1.29 is 4.79 Å². The topological polar surface area (TPSA) is 90.0 Å². The lowest BCUT2D eigenvalue weighted by Crippen LogP contribution is -2.24. The normalized spacial score (nSPS) is 13.3. The molecule has 0 saturated heterocycles. The van der Waals surface area contributed by atoms with E-state index in [0.29, 0.717) is 28.8 Å². The van der Waals surface area contributed by atoms with Crippen molar-refractivity contribution in [3.63, 3.8) is 0 Å². The van der Waals surface area contributed by atoms with Gasteiger partial charge in [0.05, 0.1) is 12.2 Å². The van der Waals surface area contributed by atoms with Crippen molar-refractivity contribution in [3.8, 4) is 0 Å². The highest BCUT2D eigenvalue weighted by Gasteiger charge is 2.16. The molecule has 0 radical (unpaired) electrons. The summed E-state index contributed by atoms with van der Waals surface area (Å²) in [4.78, 5) is 26.5. The molecular weight excluding hydrogens is 422 g/mol. The molecule has 0 fully saturated rings. The third kappa shape index (κ3) is 4.25. The molecule has 164 valence electrons. The summed E-state index contributed by atoms with van der Waals surface area (Å²) in [7, 11) is 0. The molecule has 1 aliphatic rings. The number of aryl methyl sites for hydroxylation is 4. The zero-order valence-electron chi connectivity index (χ0n) is 18.2. The van der Waals surface area contributed by atoms with Crippen LogP contribution >= 0.6 is 11.8 Å². The van der Waals surface area contributed by atoms with Crippen LogP contribution in [-0.2, 0) is 25.3 Å². The monoisotopic (exact) mass is 447 g/mol. The van der Waals surface area contributed by atoms with Gasteiger partial charge in [-0.25, -0.2) is 14.5 Å². The van der Waals surface area contributed by atoms with Gasteiger partial charge in [0, 0.05) is 41.9 Å². The van der Waals surface area contributed by atoms with Crippen molar-refractivity contribution >= 4 is 23.4 Å². The second-order valence-corrected chi connectivity index (χ2v) is 9.02. The van der Waals surface area contributed by atoms with Crippen molar-refractivity contribution in [1.29, 1.82) is 0 Å². The number of nitrogens with one attached hydrogen (secondary N) is 1. The van der Waals surface area contributed by atoms with Gasteiger partial charge in [0.15, 0.2) is 0 Å². The minimum atomic E-state index is -0.0942. The first kappa shape index (κ1) is 20.7. The molecule has 9 heteroatoms. The van der Waals surface area contributed by atoms with E-state index in [2.05, 4.69) is 36.1 Å². The molecule has 1 aliphatic heterocycles. The van der Waals surface area contributed by atoms with E-state index in [4.69, 9.17) is 0 Å². The number of hydrogen-bond acceptors (Lipinski definition) is 6. The second kappa shape index (κ2) is 8.74. The molecule has 1 aromatic carbocycles. The lowest BCUT2D eigenvalue weighted by Gasteiger charge is -2.11. The van der Waals surface area contributed by atoms with Crippen molar-refractivity contribution in [2.75, 3.05) is 0 Å². The fraction of sp³-hybridized carbons (Fsp3) is 0.348. The van der Waals surface area contributed by atoms with Crippen molar-refractivity contribution in [3.05, 3.63) is 70.6 Å². The lowest BCUT2D eigenvalue weighted by molar-refractivity contribution is 0.0949. The second-order valence-electron chi connectivity index (χ2n) is 8.07. The number of nitrogens with zero attached hydrogens (tertiary/aromatic N) is 6. The smallest absolute Gasteiger partial charge is 0.253 e. The predicted octanol–water partition coefficient (Wildman–Crippen LogP) is 3.50. The van der Waals surface area contributed by atoms with Crippen LogP contribution in [0.25, 0.3) is 5.78 Å². The summed E-state index contributed by atoms with van der Waals surface area (Å²) >= 11 is 1.50. The standard InChI is InChI=1S/C23H25N7OS/c1-15-11-16(2)30-22(25-15)27-23(28-30)32-14-17-7-3-4-8-19(17)21(31)24-12-18-13-29-10-6-5-9-20(29)26-18/h3-4,7-8,11,13H,5-6,9-10,12,14H2,1-2H3,(H,24,31). The van der Waals surface area contributed by atoms with Gasteiger partial charge in [0.25, 0.3) is 11.7 Å². The van der Waals surface area contributed by atoms with E-state index in [-0.39, 0.29) is 5.91 Å². The lowest BCUT2D eigenvalue weighted by atomic mass is 10.1. The summed E-state index contributed by atoms with van der Waals surface area (Å²) < 4.78 is 3.95. The molecule has 8 nitrogen and oxygen atoms in total. The van der Waals surface area contributed by atoms with Crippen LogP contribution < -0.4 is 5.32 Å². The van der Waals surface area contributed by atoms with Crippen LogP contribution in [-0.4, -0.2) is 35.0 Å². The van der Waals surface area contributed by atoms with E-state index in [1.165, 1.54) is 24.6 Å². The zero-order chi connectivity index (χ0) is 22.1. The number of aromatic nitrogens is 6. The van der Waals surface area contributed by atoms with Crippen molar-refractivity contribution in [2.45, 2.75) is 57.1 Å². The minimum Gasteiger partial charge on any atom is -0.346 e. The Labute approximate surface area is 190 Å². The fourth-order valence-electron chi connectivity index (χ4n) is 4.04. The molecule has 32 heavy (non-hydrogen) atoms. The van der Waals surface area contributed by atoms with Crippen LogP contribution in [0.15, 0.2) is 41.7 Å². The Kier molecular flexibility index (Phi) is 5.65. The highest BCUT2D eigenvalue weighted by molar-refractivity contribution is 7.98. The SMILES string of the molecule is Cc1cc(C)n2nc(SCc3ccccc3C(=O)NCc3cn4c(n3)CCCC4)nc2n1. The number of imidazole rings is 1. The van der Waals surface area contributed by atoms with E-state index in [9.17, 15) is 4.79 Å². The largest absolute Gasteiger partial charge is 0.346 e. The first-order valence-electron chi connectivity index (χ1n) is 10.8. The number of hydrogen-bond donors (Lipinski definition) is 1. The highest BCUT2D eigenvalue weighted by Crippen LogP contribution is 2.23. The van der Waals surface area contributed by atoms with Crippen molar-refractivity contribution in [1.82, 2.24) is 34.4 Å². The van der Waals surface area contributed by atoms with Gasteiger partial charge >= 0.3 is 0 Å². The van der Waals surface area contributed by atoms with Crippen LogP contribution in [0.3, 0.4) is 0 Å². The predicted molar refractivity (Wildman–Crippen MR) is 123 cm³/mol. The summed E-state index contributed by atoms with van der Waals surface area (Å²) in [5.41, 5.74) is 4.43. The van der Waals surface area contributed by atoms with Crippen LogP contribution in [0.1, 0.15) is 51.7 Å². The molecule has 0 aliphatic carbocycles. The molecule has 4 heterocycles. The average Bonchev–Trinajstić information content (AvgIpc) is 3.40. The van der Waals surface area contributed by atoms with Gasteiger partial charge in [-0.05, 0) is 44.4 Å². The number of carbonyl (C=O) groups excluding carboxylic acids is 1. The summed E-state index contributed by atoms with van der Waals surface area (Å²) in [6, 6.07) is 9.64. The molecule has 0 bridgehead atoms. The Morgan fingerprint density at radius 2 is 2.03 bits per heavy atom. The molecule has 0 saturated carbocycles. The van der Waals surface area contributed by atoms with Gasteiger partial charge in [-0.3, -0.25) is 4.79 Å². The van der Waals surface area contributed by atoms with Crippen LogP contribution in [0.4, 0.5) is 0 Å². The molecule has 1 amide bonds. The van der Waals surface area contributed by atoms with Gasteiger partial charge < -0.3 is 9.88 Å². The number of rotatable bonds is 6. The van der Waals surface area contributed by atoms with Gasteiger partial charge in [-0.2, -0.15) is 4.98 Å². The summed E-state index contributed by atoms with van der Waals surface area (Å²) in [5.74, 6) is 2.22. The molecule has 0 spiro atoms. The van der Waals surface area contributed by atoms with Crippen LogP contribution in [0.5, 0.6) is 0 Å². The Morgan fingerprint density at radius 1 is 1.16 bits per heavy atom. The maximum Gasteiger partial charge on any atom is 0.253 e. The number of fused-ring (bicyclic) bond motifs is 2. The molecule has 0 atom stereocenters. The Balaban J connectivity index is 1.27. The van der Waals surface area contributed by atoms with Gasteiger partial charge in [0.2, 0.25) is 5.16 Å². The maximum atomic E-state index is 12.9. The number of amides is 1. The number of carbonyl (C=O) groups is 1. The van der Waals surface area contributed by atoms with E-state index >= 15 is 0 Å². The minimum absolute atomic E-state index is 0.0942. The van der Waals surface area contributed by atoms with E-state index in [1.807, 2.05) is 44.2 Å². The maximum absolute atomic E-state index is 12.9. The van der Waals surface area contributed by atoms with Crippen molar-refractivity contribution in [2.24, 2.45) is 0 Å². The van der Waals surface area contributed by atoms with Gasteiger partial charge in [-0.1, -0.05) is 30.0 Å². The summed E-state index contributed by atoms with van der Waals surface area (Å²) in [5, 5.41) is 8.22. The summed E-state index contributed by atoms with van der Waals surface area (Å²) in [6.07, 6.45) is 5.45. The average molecular weight is 448 g/mol. The molecule has 1 N–H and O–H groups in total. The molecule has 3 aromatic heterocycles. The van der Waals surface area contributed by atoms with E-state index in [0.717, 1.165) is 41.4 Å². The van der Waals surface area contributed by atoms with Gasteiger partial charge in [0.1, 0.15) is 5.82 Å². The third-order valence-corrected chi connectivity index (χ3v) is 6.49. The molecule has 4 aromatic rings. The molecular formula is C23H25N7OS. The quantitative estimate of drug-likeness (QED) is 0.455. The van der Waals surface area contributed by atoms with Gasteiger partial charge in [-0.15, -0.1) is 5.10 Å². The van der Waals surface area contributed by atoms with E-state index in [1.54, 1.807) is 4.52 Å². The Hall–Kier alpha value is -3.20. The third-order valence-electron chi connectivity index (χ3n) is 5.61. The fourth-order valence-corrected chi connectivity index (χ4v) is 4.86. The highest BCUT2D eigenvalue weighted by atomic mass is 32.2. The van der Waals surface area contributed by atoms with Crippen LogP contribution in [0, 0.1) is 13.8 Å². The Bertz CT molecular complexity index is 1270. The first-order valence-corrected chi connectivity index (χ1v) is 11.8. The molecule has 0 unspecified atom stereocenters. The van der Waals surface area contributed by atoms with E-state index < -0.39 is 0 Å². The summed E-state index contributed by atoms with van der Waals surface area (Å²) in [6.45, 7) is 5.38. The Morgan fingerprint density at radius 3 is 2.91 bits per heavy atom. The number of benzene rings is 1. The molecule has 5 rings (SSSR count). The number of thioether (sulfide) groups is 1. The zero-order valence-corrected chi connectivity index (χ0v) is 19.0. The first-order chi connectivity index (χ1) is 15.6.